The predicted molar refractivity (Wildman–Crippen MR) is 70.5 cm³/mol. The number of halogens is 2. The summed E-state index contributed by atoms with van der Waals surface area (Å²) in [4.78, 5) is 12.2. The van der Waals surface area contributed by atoms with E-state index >= 15 is 0 Å². The van der Waals surface area contributed by atoms with Crippen molar-refractivity contribution in [1.29, 1.82) is 0 Å². The second-order valence-electron chi connectivity index (χ2n) is 3.65. The van der Waals surface area contributed by atoms with Crippen LogP contribution in [0.25, 0.3) is 0 Å². The average Bonchev–Trinajstić information content (AvgIpc) is 2.38. The van der Waals surface area contributed by atoms with Gasteiger partial charge in [-0.05, 0) is 24.3 Å². The predicted octanol–water partition coefficient (Wildman–Crippen LogP) is 3.83. The minimum Gasteiger partial charge on any atom is -0.497 e. The van der Waals surface area contributed by atoms with Crippen LogP contribution in [0.1, 0.15) is 15.9 Å². The topological polar surface area (TPSA) is 26.3 Å². The number of benzene rings is 2. The highest BCUT2D eigenvalue weighted by Gasteiger charge is 2.16. The molecule has 0 heterocycles. The lowest BCUT2D eigenvalue weighted by molar-refractivity contribution is 0.103. The van der Waals surface area contributed by atoms with Crippen LogP contribution in [0.3, 0.4) is 0 Å². The molecule has 0 aliphatic rings. The van der Waals surface area contributed by atoms with Crippen LogP contribution in [0.15, 0.2) is 46.9 Å². The maximum atomic E-state index is 13.8. The van der Waals surface area contributed by atoms with E-state index in [1.54, 1.807) is 30.3 Å². The van der Waals surface area contributed by atoms with Gasteiger partial charge in [-0.15, -0.1) is 0 Å². The van der Waals surface area contributed by atoms with E-state index in [4.69, 9.17) is 4.74 Å². The first kappa shape index (κ1) is 12.8. The van der Waals surface area contributed by atoms with E-state index in [0.29, 0.717) is 15.8 Å². The van der Waals surface area contributed by atoms with Crippen molar-refractivity contribution in [1.82, 2.24) is 0 Å². The van der Waals surface area contributed by atoms with Crippen LogP contribution in [-0.4, -0.2) is 12.9 Å². The number of hydrogen-bond acceptors (Lipinski definition) is 2. The fourth-order valence-corrected chi connectivity index (χ4v) is 2.06. The zero-order valence-electron chi connectivity index (χ0n) is 9.61. The SMILES string of the molecule is COc1ccc(C(=O)c2ccccc2Br)c(F)c1. The van der Waals surface area contributed by atoms with Gasteiger partial charge in [0.25, 0.3) is 0 Å². The molecule has 0 saturated carbocycles. The van der Waals surface area contributed by atoms with Crippen molar-refractivity contribution in [3.63, 3.8) is 0 Å². The summed E-state index contributed by atoms with van der Waals surface area (Å²) in [5.74, 6) is -0.561. The third-order valence-corrected chi connectivity index (χ3v) is 3.23. The van der Waals surface area contributed by atoms with Crippen molar-refractivity contribution in [3.8, 4) is 5.75 Å². The molecule has 92 valence electrons. The quantitative estimate of drug-likeness (QED) is 0.806. The molecule has 0 aliphatic heterocycles. The van der Waals surface area contributed by atoms with Crippen molar-refractivity contribution in [2.45, 2.75) is 0 Å². The van der Waals surface area contributed by atoms with Gasteiger partial charge in [0.15, 0.2) is 5.78 Å². The van der Waals surface area contributed by atoms with E-state index in [0.717, 1.165) is 0 Å². The van der Waals surface area contributed by atoms with Gasteiger partial charge in [0.05, 0.1) is 12.7 Å². The Labute approximate surface area is 113 Å². The molecular formula is C14H10BrFO2. The van der Waals surface area contributed by atoms with E-state index in [1.165, 1.54) is 19.2 Å². The van der Waals surface area contributed by atoms with Crippen LogP contribution < -0.4 is 4.74 Å². The second kappa shape index (κ2) is 5.31. The molecule has 0 atom stereocenters. The van der Waals surface area contributed by atoms with Crippen molar-refractivity contribution in [2.24, 2.45) is 0 Å². The van der Waals surface area contributed by atoms with E-state index in [9.17, 15) is 9.18 Å². The zero-order valence-corrected chi connectivity index (χ0v) is 11.2. The number of carbonyl (C=O) groups is 1. The number of carbonyl (C=O) groups excluding carboxylic acids is 1. The molecule has 0 spiro atoms. The Balaban J connectivity index is 2.44. The Hall–Kier alpha value is -1.68. The van der Waals surface area contributed by atoms with Gasteiger partial charge in [-0.3, -0.25) is 4.79 Å². The lowest BCUT2D eigenvalue weighted by Gasteiger charge is -2.06. The highest BCUT2D eigenvalue weighted by Crippen LogP contribution is 2.23. The molecule has 2 rings (SSSR count). The van der Waals surface area contributed by atoms with Gasteiger partial charge in [-0.1, -0.05) is 28.1 Å². The first-order valence-corrected chi connectivity index (χ1v) is 6.05. The lowest BCUT2D eigenvalue weighted by Crippen LogP contribution is -2.05. The van der Waals surface area contributed by atoms with Gasteiger partial charge in [-0.2, -0.15) is 0 Å². The summed E-state index contributed by atoms with van der Waals surface area (Å²) >= 11 is 3.28. The van der Waals surface area contributed by atoms with E-state index in [1.807, 2.05) is 0 Å². The molecule has 0 fully saturated rings. The largest absolute Gasteiger partial charge is 0.497 e. The number of ketones is 1. The molecule has 0 unspecified atom stereocenters. The molecule has 4 heteroatoms. The maximum absolute atomic E-state index is 13.8. The van der Waals surface area contributed by atoms with Crippen molar-refractivity contribution < 1.29 is 13.9 Å². The van der Waals surface area contributed by atoms with Crippen LogP contribution >= 0.6 is 15.9 Å². The molecule has 0 N–H and O–H groups in total. The molecule has 0 amide bonds. The smallest absolute Gasteiger partial charge is 0.197 e. The summed E-state index contributed by atoms with van der Waals surface area (Å²) in [5.41, 5.74) is 0.462. The minimum atomic E-state index is -0.588. The van der Waals surface area contributed by atoms with Crippen LogP contribution in [-0.2, 0) is 0 Å². The molecule has 0 bridgehead atoms. The molecular weight excluding hydrogens is 299 g/mol. The maximum Gasteiger partial charge on any atom is 0.197 e. The zero-order chi connectivity index (χ0) is 13.1. The molecule has 0 aliphatic carbocycles. The van der Waals surface area contributed by atoms with Gasteiger partial charge in [0.2, 0.25) is 0 Å². The fourth-order valence-electron chi connectivity index (χ4n) is 1.60. The number of methoxy groups -OCH3 is 1. The summed E-state index contributed by atoms with van der Waals surface area (Å²) in [6.07, 6.45) is 0. The Morgan fingerprint density at radius 3 is 2.50 bits per heavy atom. The standard InChI is InChI=1S/C14H10BrFO2/c1-18-9-6-7-11(13(16)8-9)14(17)10-4-2-3-5-12(10)15/h2-8H,1H3. The summed E-state index contributed by atoms with van der Waals surface area (Å²) in [6.45, 7) is 0. The molecule has 2 aromatic rings. The molecule has 0 aromatic heterocycles. The Morgan fingerprint density at radius 2 is 1.89 bits per heavy atom. The van der Waals surface area contributed by atoms with Crippen molar-refractivity contribution >= 4 is 21.7 Å². The van der Waals surface area contributed by atoms with E-state index in [2.05, 4.69) is 15.9 Å². The molecule has 2 aromatic carbocycles. The van der Waals surface area contributed by atoms with Gasteiger partial charge >= 0.3 is 0 Å². The van der Waals surface area contributed by atoms with Gasteiger partial charge < -0.3 is 4.74 Å². The Morgan fingerprint density at radius 1 is 1.17 bits per heavy atom. The third-order valence-electron chi connectivity index (χ3n) is 2.54. The Bertz CT molecular complexity index is 596. The van der Waals surface area contributed by atoms with Crippen molar-refractivity contribution in [2.75, 3.05) is 7.11 Å². The van der Waals surface area contributed by atoms with Gasteiger partial charge in [0, 0.05) is 16.1 Å². The molecule has 2 nitrogen and oxygen atoms in total. The highest BCUT2D eigenvalue weighted by atomic mass is 79.9. The molecule has 0 radical (unpaired) electrons. The second-order valence-corrected chi connectivity index (χ2v) is 4.51. The molecule has 0 saturated heterocycles. The van der Waals surface area contributed by atoms with Crippen LogP contribution in [0.5, 0.6) is 5.75 Å². The normalized spacial score (nSPS) is 10.2. The number of rotatable bonds is 3. The average molecular weight is 309 g/mol. The van der Waals surface area contributed by atoms with Gasteiger partial charge in [-0.25, -0.2) is 4.39 Å². The summed E-state index contributed by atoms with van der Waals surface area (Å²) < 4.78 is 19.3. The van der Waals surface area contributed by atoms with Crippen LogP contribution in [0.4, 0.5) is 4.39 Å². The third kappa shape index (κ3) is 2.43. The monoisotopic (exact) mass is 308 g/mol. The minimum absolute atomic E-state index is 0.0303. The summed E-state index contributed by atoms with van der Waals surface area (Å²) in [6, 6.07) is 11.1. The molecule has 18 heavy (non-hydrogen) atoms. The fraction of sp³-hybridized carbons (Fsp3) is 0.0714. The van der Waals surface area contributed by atoms with Crippen molar-refractivity contribution in [3.05, 3.63) is 63.9 Å². The van der Waals surface area contributed by atoms with E-state index in [-0.39, 0.29) is 11.3 Å². The summed E-state index contributed by atoms with van der Waals surface area (Å²) in [5, 5.41) is 0. The lowest BCUT2D eigenvalue weighted by atomic mass is 10.0. The van der Waals surface area contributed by atoms with Crippen LogP contribution in [0.2, 0.25) is 0 Å². The number of ether oxygens (including phenoxy) is 1. The highest BCUT2D eigenvalue weighted by molar-refractivity contribution is 9.10. The number of hydrogen-bond donors (Lipinski definition) is 0. The first-order chi connectivity index (χ1) is 8.63. The van der Waals surface area contributed by atoms with Gasteiger partial charge in [0.1, 0.15) is 11.6 Å². The van der Waals surface area contributed by atoms with E-state index < -0.39 is 5.82 Å². The van der Waals surface area contributed by atoms with Crippen LogP contribution in [0, 0.1) is 5.82 Å². The Kier molecular flexibility index (Phi) is 3.77. The first-order valence-electron chi connectivity index (χ1n) is 5.26. The summed E-state index contributed by atoms with van der Waals surface area (Å²) in [7, 11) is 1.45.